The first-order chi connectivity index (χ1) is 11.0. The zero-order chi connectivity index (χ0) is 16.9. The molecule has 1 unspecified atom stereocenters. The van der Waals surface area contributed by atoms with Gasteiger partial charge in [0.2, 0.25) is 9.99 Å². The van der Waals surface area contributed by atoms with Crippen molar-refractivity contribution >= 4 is 35.3 Å². The molecule has 1 atom stereocenters. The number of hydrogen-bond acceptors (Lipinski definition) is 3. The number of alkyl halides is 1. The molecule has 0 fully saturated rings. The fourth-order valence-corrected chi connectivity index (χ4v) is 2.26. The van der Waals surface area contributed by atoms with Crippen LogP contribution in [-0.4, -0.2) is 16.0 Å². The van der Waals surface area contributed by atoms with E-state index in [1.165, 1.54) is 0 Å². The van der Waals surface area contributed by atoms with Gasteiger partial charge in [0.15, 0.2) is 6.10 Å². The Morgan fingerprint density at radius 3 is 1.83 bits per heavy atom. The molecule has 0 aromatic heterocycles. The molecule has 5 heteroatoms. The van der Waals surface area contributed by atoms with E-state index >= 15 is 0 Å². The monoisotopic (exact) mass is 346 g/mol. The van der Waals surface area contributed by atoms with Gasteiger partial charge in [0.05, 0.1) is 0 Å². The normalized spacial score (nSPS) is 13.2. The largest absolute Gasteiger partial charge is 0.451 e. The van der Waals surface area contributed by atoms with E-state index < -0.39 is 22.1 Å². The summed E-state index contributed by atoms with van der Waals surface area (Å²) in [6.07, 6.45) is 0.342. The van der Waals surface area contributed by atoms with Gasteiger partial charge in [-0.05, 0) is 11.1 Å². The number of benzene rings is 2. The van der Waals surface area contributed by atoms with Crippen molar-refractivity contribution in [3.8, 4) is 0 Å². The van der Waals surface area contributed by atoms with Gasteiger partial charge >= 0.3 is 5.97 Å². The lowest BCUT2D eigenvalue weighted by molar-refractivity contribution is -0.150. The Bertz CT molecular complexity index is 663. The highest BCUT2D eigenvalue weighted by Gasteiger charge is 2.42. The lowest BCUT2D eigenvalue weighted by Crippen LogP contribution is -2.38. The number of carbonyl (C=O) groups excluding carboxylic acids is 2. The topological polar surface area (TPSA) is 43.4 Å². The van der Waals surface area contributed by atoms with E-state index in [4.69, 9.17) is 16.3 Å². The fourth-order valence-electron chi connectivity index (χ4n) is 2.03. The zero-order valence-electron chi connectivity index (χ0n) is 12.2. The van der Waals surface area contributed by atoms with Crippen LogP contribution in [0.1, 0.15) is 17.2 Å². The predicted molar refractivity (Wildman–Crippen MR) is 93.6 cm³/mol. The first-order valence-corrected chi connectivity index (χ1v) is 7.68. The highest BCUT2D eigenvalue weighted by atomic mass is 35.5. The number of halogens is 1. The Labute approximate surface area is 145 Å². The van der Waals surface area contributed by atoms with Gasteiger partial charge in [-0.2, -0.15) is 0 Å². The summed E-state index contributed by atoms with van der Waals surface area (Å²) in [6, 6.07) is 18.4. The van der Waals surface area contributed by atoms with Crippen LogP contribution in [-0.2, 0) is 14.3 Å². The SMILES string of the molecule is C=CC(Cl)(C(=O)S)C(=O)OC(c1ccccc1)c1ccccc1. The second kappa shape index (κ2) is 7.49. The van der Waals surface area contributed by atoms with Crippen LogP contribution >= 0.6 is 24.2 Å². The maximum Gasteiger partial charge on any atom is 0.340 e. The Kier molecular flexibility index (Phi) is 5.64. The van der Waals surface area contributed by atoms with Crippen LogP contribution in [0.25, 0.3) is 0 Å². The molecule has 23 heavy (non-hydrogen) atoms. The van der Waals surface area contributed by atoms with Gasteiger partial charge in [-0.25, -0.2) is 4.79 Å². The van der Waals surface area contributed by atoms with Crippen molar-refractivity contribution in [1.29, 1.82) is 0 Å². The summed E-state index contributed by atoms with van der Waals surface area (Å²) < 4.78 is 5.53. The van der Waals surface area contributed by atoms with Gasteiger partial charge in [-0.1, -0.05) is 78.3 Å². The standard InChI is InChI=1S/C18H15ClO3S/c1-2-18(19,17(21)23)16(20)22-15(13-9-5-3-6-10-13)14-11-7-4-8-12-14/h2-12,15H,1H2,(H,21,23). The van der Waals surface area contributed by atoms with Crippen LogP contribution < -0.4 is 0 Å². The molecule has 0 aliphatic rings. The zero-order valence-corrected chi connectivity index (χ0v) is 13.8. The van der Waals surface area contributed by atoms with E-state index in [1.54, 1.807) is 0 Å². The first kappa shape index (κ1) is 17.3. The summed E-state index contributed by atoms with van der Waals surface area (Å²) in [4.78, 5) is 21.9. The van der Waals surface area contributed by atoms with E-state index in [-0.39, 0.29) is 0 Å². The number of hydrogen-bond donors (Lipinski definition) is 1. The number of carbonyl (C=O) groups is 2. The maximum absolute atomic E-state index is 12.4. The molecule has 0 saturated carbocycles. The van der Waals surface area contributed by atoms with E-state index in [1.807, 2.05) is 60.7 Å². The molecule has 0 saturated heterocycles. The van der Waals surface area contributed by atoms with Crippen LogP contribution in [0.2, 0.25) is 0 Å². The fraction of sp³-hybridized carbons (Fsp3) is 0.111. The van der Waals surface area contributed by atoms with Crippen molar-refractivity contribution in [2.75, 3.05) is 0 Å². The first-order valence-electron chi connectivity index (χ1n) is 6.86. The van der Waals surface area contributed by atoms with Crippen LogP contribution in [0, 0.1) is 0 Å². The van der Waals surface area contributed by atoms with Crippen molar-refractivity contribution in [2.24, 2.45) is 0 Å². The summed E-state index contributed by atoms with van der Waals surface area (Å²) in [6.45, 7) is 3.43. The van der Waals surface area contributed by atoms with Crippen molar-refractivity contribution in [2.45, 2.75) is 11.0 Å². The summed E-state index contributed by atoms with van der Waals surface area (Å²) in [5.41, 5.74) is 1.53. The Hall–Kier alpha value is -2.04. The van der Waals surface area contributed by atoms with Crippen LogP contribution in [0.15, 0.2) is 73.3 Å². The van der Waals surface area contributed by atoms with E-state index in [2.05, 4.69) is 19.2 Å². The van der Waals surface area contributed by atoms with Crippen molar-refractivity contribution in [3.05, 3.63) is 84.4 Å². The molecule has 0 aliphatic carbocycles. The summed E-state index contributed by atoms with van der Waals surface area (Å²) in [5.74, 6) is -0.910. The van der Waals surface area contributed by atoms with Crippen LogP contribution in [0.3, 0.4) is 0 Å². The smallest absolute Gasteiger partial charge is 0.340 e. The molecule has 3 nitrogen and oxygen atoms in total. The van der Waals surface area contributed by atoms with Gasteiger partial charge in [0.25, 0.3) is 0 Å². The van der Waals surface area contributed by atoms with E-state index in [0.29, 0.717) is 0 Å². The van der Waals surface area contributed by atoms with Crippen molar-refractivity contribution in [1.82, 2.24) is 0 Å². The second-order valence-corrected chi connectivity index (χ2v) is 5.83. The summed E-state index contributed by atoms with van der Waals surface area (Å²) >= 11 is 9.66. The summed E-state index contributed by atoms with van der Waals surface area (Å²) in [7, 11) is 0. The Morgan fingerprint density at radius 2 is 1.48 bits per heavy atom. The van der Waals surface area contributed by atoms with E-state index in [9.17, 15) is 9.59 Å². The van der Waals surface area contributed by atoms with Gasteiger partial charge in [-0.15, -0.1) is 19.2 Å². The molecule has 2 aromatic rings. The minimum atomic E-state index is -2.01. The Balaban J connectivity index is 2.38. The Morgan fingerprint density at radius 1 is 1.04 bits per heavy atom. The lowest BCUT2D eigenvalue weighted by atomic mass is 10.0. The van der Waals surface area contributed by atoms with Gasteiger partial charge < -0.3 is 4.74 Å². The highest BCUT2D eigenvalue weighted by Crippen LogP contribution is 2.30. The molecule has 0 aliphatic heterocycles. The third kappa shape index (κ3) is 3.84. The summed E-state index contributed by atoms with van der Waals surface area (Å²) in [5, 5.41) is -0.834. The third-order valence-electron chi connectivity index (χ3n) is 3.32. The number of esters is 1. The average molecular weight is 347 g/mol. The molecule has 0 radical (unpaired) electrons. The average Bonchev–Trinajstić information content (AvgIpc) is 2.60. The molecule has 0 spiro atoms. The van der Waals surface area contributed by atoms with Crippen molar-refractivity contribution < 1.29 is 14.3 Å². The molecular formula is C18H15ClO3S. The predicted octanol–water partition coefficient (Wildman–Crippen LogP) is 3.94. The molecule has 0 N–H and O–H groups in total. The highest BCUT2D eigenvalue weighted by molar-refractivity contribution is 7.97. The quantitative estimate of drug-likeness (QED) is 0.283. The molecule has 118 valence electrons. The van der Waals surface area contributed by atoms with Gasteiger partial charge in [0.1, 0.15) is 0 Å². The maximum atomic E-state index is 12.4. The minimum Gasteiger partial charge on any atom is -0.451 e. The van der Waals surface area contributed by atoms with Crippen molar-refractivity contribution in [3.63, 3.8) is 0 Å². The lowest BCUT2D eigenvalue weighted by Gasteiger charge is -2.24. The molecule has 0 amide bonds. The molecule has 2 aromatic carbocycles. The number of ether oxygens (including phenoxy) is 1. The second-order valence-electron chi connectivity index (χ2n) is 4.83. The van der Waals surface area contributed by atoms with Crippen LogP contribution in [0.4, 0.5) is 0 Å². The number of thiol groups is 1. The van der Waals surface area contributed by atoms with Crippen LogP contribution in [0.5, 0.6) is 0 Å². The minimum absolute atomic E-state index is 0.685. The molecule has 2 rings (SSSR count). The molecular weight excluding hydrogens is 332 g/mol. The van der Waals surface area contributed by atoms with Gasteiger partial charge in [-0.3, -0.25) is 4.79 Å². The number of rotatable bonds is 6. The molecule has 0 heterocycles. The molecule has 0 bridgehead atoms. The van der Waals surface area contributed by atoms with Gasteiger partial charge in [0, 0.05) is 0 Å². The third-order valence-corrected chi connectivity index (χ3v) is 4.28. The van der Waals surface area contributed by atoms with E-state index in [0.717, 1.165) is 17.2 Å².